The summed E-state index contributed by atoms with van der Waals surface area (Å²) in [5.41, 5.74) is 5.30. The fourth-order valence-electron chi connectivity index (χ4n) is 1.93. The maximum atomic E-state index is 12.1. The summed E-state index contributed by atoms with van der Waals surface area (Å²) in [5.74, 6) is 0.425. The Labute approximate surface area is 170 Å². The van der Waals surface area contributed by atoms with Gasteiger partial charge in [0.25, 0.3) is 11.8 Å². The summed E-state index contributed by atoms with van der Waals surface area (Å²) < 4.78 is 11.1. The molecule has 0 atom stereocenters. The van der Waals surface area contributed by atoms with Crippen LogP contribution in [0.2, 0.25) is 0 Å². The number of carbonyl (C=O) groups is 2. The number of carbonyl (C=O) groups excluding carboxylic acids is 2. The van der Waals surface area contributed by atoms with Crippen molar-refractivity contribution in [2.75, 3.05) is 6.61 Å². The molecular formula is C18H20BrN3O4S. The highest BCUT2D eigenvalue weighted by Crippen LogP contribution is 2.14. The molecule has 0 aliphatic heterocycles. The van der Waals surface area contributed by atoms with Crippen LogP contribution in [0.3, 0.4) is 0 Å². The number of rotatable bonds is 6. The summed E-state index contributed by atoms with van der Waals surface area (Å²) in [6.45, 7) is 4.89. The fraction of sp³-hybridized carbons (Fsp3) is 0.278. The molecule has 0 fully saturated rings. The first-order valence-corrected chi connectivity index (χ1v) is 9.45. The normalized spacial score (nSPS) is 10.4. The van der Waals surface area contributed by atoms with Crippen LogP contribution in [0, 0.1) is 5.92 Å². The highest BCUT2D eigenvalue weighted by Gasteiger charge is 2.13. The van der Waals surface area contributed by atoms with Crippen LogP contribution in [0.15, 0.2) is 45.5 Å². The molecule has 0 aliphatic rings. The molecule has 0 saturated carbocycles. The molecule has 1 heterocycles. The van der Waals surface area contributed by atoms with E-state index in [1.165, 1.54) is 6.07 Å². The third-order valence-corrected chi connectivity index (χ3v) is 4.02. The van der Waals surface area contributed by atoms with Gasteiger partial charge in [-0.25, -0.2) is 0 Å². The van der Waals surface area contributed by atoms with Crippen molar-refractivity contribution in [3.63, 3.8) is 0 Å². The molecule has 144 valence electrons. The molecule has 0 radical (unpaired) electrons. The summed E-state index contributed by atoms with van der Waals surface area (Å²) >= 11 is 8.07. The minimum Gasteiger partial charge on any atom is -0.494 e. The first-order chi connectivity index (χ1) is 12.8. The summed E-state index contributed by atoms with van der Waals surface area (Å²) in [4.78, 5) is 24.0. The smallest absolute Gasteiger partial charge is 0.293 e. The summed E-state index contributed by atoms with van der Waals surface area (Å²) in [5, 5.41) is 2.33. The van der Waals surface area contributed by atoms with Crippen LogP contribution < -0.4 is 20.9 Å². The molecule has 2 aromatic rings. The average Bonchev–Trinajstić information content (AvgIpc) is 3.06. The quantitative estimate of drug-likeness (QED) is 0.458. The predicted octanol–water partition coefficient (Wildman–Crippen LogP) is 3.42. The Bertz CT molecular complexity index is 805. The van der Waals surface area contributed by atoms with Gasteiger partial charge in [0.15, 0.2) is 15.5 Å². The van der Waals surface area contributed by atoms with Crippen molar-refractivity contribution in [1.29, 1.82) is 0 Å². The Kier molecular flexibility index (Phi) is 7.81. The molecule has 3 N–H and O–H groups in total. The number of hydrogen-bond acceptors (Lipinski definition) is 5. The van der Waals surface area contributed by atoms with E-state index >= 15 is 0 Å². The van der Waals surface area contributed by atoms with Crippen molar-refractivity contribution in [3.05, 3.63) is 52.4 Å². The molecule has 0 spiro atoms. The minimum atomic E-state index is -0.532. The Hall–Kier alpha value is -2.39. The van der Waals surface area contributed by atoms with Crippen molar-refractivity contribution < 1.29 is 18.7 Å². The van der Waals surface area contributed by atoms with Crippen LogP contribution in [0.5, 0.6) is 5.75 Å². The lowest BCUT2D eigenvalue weighted by Crippen LogP contribution is -2.48. The van der Waals surface area contributed by atoms with Crippen molar-refractivity contribution in [2.24, 2.45) is 5.92 Å². The van der Waals surface area contributed by atoms with E-state index in [0.29, 0.717) is 28.5 Å². The van der Waals surface area contributed by atoms with Gasteiger partial charge in [0.2, 0.25) is 0 Å². The molecule has 27 heavy (non-hydrogen) atoms. The number of hydrogen-bond donors (Lipinski definition) is 3. The van der Waals surface area contributed by atoms with Gasteiger partial charge in [-0.1, -0.05) is 13.8 Å². The van der Waals surface area contributed by atoms with Crippen LogP contribution in [-0.2, 0) is 0 Å². The van der Waals surface area contributed by atoms with E-state index in [2.05, 4.69) is 45.9 Å². The molecule has 2 rings (SSSR count). The van der Waals surface area contributed by atoms with Gasteiger partial charge in [-0.3, -0.25) is 25.8 Å². The van der Waals surface area contributed by atoms with Crippen LogP contribution in [0.4, 0.5) is 0 Å². The lowest BCUT2D eigenvalue weighted by Gasteiger charge is -2.11. The zero-order valence-electron chi connectivity index (χ0n) is 14.9. The van der Waals surface area contributed by atoms with Gasteiger partial charge >= 0.3 is 0 Å². The number of furan rings is 1. The topological polar surface area (TPSA) is 92.6 Å². The SMILES string of the molecule is CC(C)CCOc1ccc(C(=O)NNC(=S)NC(=O)c2ccc(Br)o2)cc1. The third kappa shape index (κ3) is 7.03. The van der Waals surface area contributed by atoms with Crippen LogP contribution >= 0.6 is 28.1 Å². The second kappa shape index (κ2) is 10.1. The number of amides is 2. The van der Waals surface area contributed by atoms with Gasteiger partial charge in [0, 0.05) is 5.56 Å². The predicted molar refractivity (Wildman–Crippen MR) is 108 cm³/mol. The second-order valence-electron chi connectivity index (χ2n) is 6.02. The molecule has 1 aromatic carbocycles. The van der Waals surface area contributed by atoms with Crippen molar-refractivity contribution in [3.8, 4) is 5.75 Å². The van der Waals surface area contributed by atoms with E-state index in [0.717, 1.165) is 6.42 Å². The lowest BCUT2D eigenvalue weighted by molar-refractivity contribution is 0.0926. The van der Waals surface area contributed by atoms with Crippen molar-refractivity contribution >= 4 is 45.1 Å². The molecule has 2 amide bonds. The van der Waals surface area contributed by atoms with Gasteiger partial charge in [-0.05, 0) is 76.9 Å². The lowest BCUT2D eigenvalue weighted by atomic mass is 10.1. The molecule has 0 unspecified atom stereocenters. The van der Waals surface area contributed by atoms with Crippen molar-refractivity contribution in [1.82, 2.24) is 16.2 Å². The standard InChI is InChI=1S/C18H20BrN3O4S/c1-11(2)9-10-25-13-5-3-12(4-6-13)16(23)21-22-18(27)20-17(24)14-7-8-15(19)26-14/h3-8,11H,9-10H2,1-2H3,(H,21,23)(H2,20,22,24,27). The monoisotopic (exact) mass is 453 g/mol. The Balaban J connectivity index is 1.77. The van der Waals surface area contributed by atoms with Gasteiger partial charge in [0.1, 0.15) is 5.75 Å². The van der Waals surface area contributed by atoms with E-state index in [-0.39, 0.29) is 10.9 Å². The molecule has 0 aliphatic carbocycles. The second-order valence-corrected chi connectivity index (χ2v) is 7.21. The highest BCUT2D eigenvalue weighted by atomic mass is 79.9. The first-order valence-electron chi connectivity index (χ1n) is 8.25. The van der Waals surface area contributed by atoms with Gasteiger partial charge in [-0.2, -0.15) is 0 Å². The van der Waals surface area contributed by atoms with Crippen molar-refractivity contribution in [2.45, 2.75) is 20.3 Å². The number of nitrogens with one attached hydrogen (secondary N) is 3. The van der Waals surface area contributed by atoms with Crippen LogP contribution in [0.1, 0.15) is 41.2 Å². The number of ether oxygens (including phenoxy) is 1. The maximum absolute atomic E-state index is 12.1. The zero-order valence-corrected chi connectivity index (χ0v) is 17.3. The number of thiocarbonyl (C=S) groups is 1. The zero-order chi connectivity index (χ0) is 19.8. The summed E-state index contributed by atoms with van der Waals surface area (Å²) in [7, 11) is 0. The van der Waals surface area contributed by atoms with Gasteiger partial charge in [0.05, 0.1) is 6.61 Å². The summed E-state index contributed by atoms with van der Waals surface area (Å²) in [6, 6.07) is 9.82. The Morgan fingerprint density at radius 3 is 2.41 bits per heavy atom. The first kappa shape index (κ1) is 20.9. The van der Waals surface area contributed by atoms with E-state index in [1.807, 2.05) is 0 Å². The van der Waals surface area contributed by atoms with E-state index < -0.39 is 11.8 Å². The molecule has 7 nitrogen and oxygen atoms in total. The number of hydrazine groups is 1. The molecule has 0 bridgehead atoms. The fourth-order valence-corrected chi connectivity index (χ4v) is 2.38. The Morgan fingerprint density at radius 2 is 1.81 bits per heavy atom. The maximum Gasteiger partial charge on any atom is 0.293 e. The number of benzene rings is 1. The average molecular weight is 454 g/mol. The summed E-state index contributed by atoms with van der Waals surface area (Å²) in [6.07, 6.45) is 0.963. The molecule has 0 saturated heterocycles. The molecule has 1 aromatic heterocycles. The highest BCUT2D eigenvalue weighted by molar-refractivity contribution is 9.10. The molecule has 9 heteroatoms. The molecular weight excluding hydrogens is 434 g/mol. The largest absolute Gasteiger partial charge is 0.494 e. The van der Waals surface area contributed by atoms with E-state index in [1.54, 1.807) is 30.3 Å². The third-order valence-electron chi connectivity index (χ3n) is 3.39. The minimum absolute atomic E-state index is 0.0606. The van der Waals surface area contributed by atoms with Gasteiger partial charge < -0.3 is 9.15 Å². The van der Waals surface area contributed by atoms with E-state index in [4.69, 9.17) is 21.4 Å². The Morgan fingerprint density at radius 1 is 1.11 bits per heavy atom. The van der Waals surface area contributed by atoms with Gasteiger partial charge in [-0.15, -0.1) is 0 Å². The van der Waals surface area contributed by atoms with E-state index in [9.17, 15) is 9.59 Å². The number of halogens is 1. The van der Waals surface area contributed by atoms with Crippen LogP contribution in [-0.4, -0.2) is 23.5 Å². The van der Waals surface area contributed by atoms with Crippen LogP contribution in [0.25, 0.3) is 0 Å².